The Hall–Kier alpha value is -3.14. The Labute approximate surface area is 214 Å². The first kappa shape index (κ1) is 28.4. The maximum Gasteiger partial charge on any atom is 0.407 e. The van der Waals surface area contributed by atoms with Gasteiger partial charge >= 0.3 is 6.18 Å². The van der Waals surface area contributed by atoms with Crippen molar-refractivity contribution in [1.82, 2.24) is 10.6 Å². The number of nitrogens with two attached hydrogens (primary N) is 1. The average Bonchev–Trinajstić information content (AvgIpc) is 3.59. The van der Waals surface area contributed by atoms with Crippen LogP contribution in [-0.4, -0.2) is 39.2 Å². The number of methoxy groups -OCH3 is 1. The van der Waals surface area contributed by atoms with Crippen molar-refractivity contribution in [3.63, 3.8) is 0 Å². The lowest BCUT2D eigenvalue weighted by molar-refractivity contribution is -0.161. The predicted octanol–water partition coefficient (Wildman–Crippen LogP) is 3.79. The quantitative estimate of drug-likeness (QED) is 0.421. The summed E-state index contributed by atoms with van der Waals surface area (Å²) < 4.78 is 71.2. The van der Waals surface area contributed by atoms with E-state index in [0.29, 0.717) is 24.0 Å². The Kier molecular flexibility index (Phi) is 8.21. The van der Waals surface area contributed by atoms with Crippen LogP contribution in [0.2, 0.25) is 0 Å². The number of nitrogens with zero attached hydrogens (tertiary/aromatic N) is 1. The first-order valence-corrected chi connectivity index (χ1v) is 13.1. The molecule has 2 aromatic rings. The minimum absolute atomic E-state index is 0.0445. The fourth-order valence-electron chi connectivity index (χ4n) is 3.96. The van der Waals surface area contributed by atoms with Gasteiger partial charge in [0.25, 0.3) is 0 Å². The summed E-state index contributed by atoms with van der Waals surface area (Å²) >= 11 is 0. The molecule has 0 bridgehead atoms. The number of sulfonamides is 1. The number of primary sulfonamides is 1. The minimum atomic E-state index is -4.72. The molecule has 12 heteroatoms. The highest BCUT2D eigenvalue weighted by atomic mass is 32.2. The lowest BCUT2D eigenvalue weighted by Gasteiger charge is -2.29. The molecule has 1 saturated carbocycles. The molecule has 8 nitrogen and oxygen atoms in total. The molecule has 4 N–H and O–H groups in total. The summed E-state index contributed by atoms with van der Waals surface area (Å²) in [6.07, 6.45) is -3.65. The first-order chi connectivity index (χ1) is 17.2. The molecule has 0 aromatic heterocycles. The molecule has 3 rings (SSSR count). The number of carbonyl (C=O) groups excluding carboxylic acids is 1. The first-order valence-electron chi connectivity index (χ1n) is 11.6. The van der Waals surface area contributed by atoms with E-state index in [1.165, 1.54) is 43.5 Å². The molecule has 0 aliphatic heterocycles. The van der Waals surface area contributed by atoms with Crippen LogP contribution in [0.5, 0.6) is 5.75 Å². The van der Waals surface area contributed by atoms with Gasteiger partial charge in [-0.3, -0.25) is 10.1 Å². The van der Waals surface area contributed by atoms with Crippen LogP contribution < -0.4 is 20.5 Å². The van der Waals surface area contributed by atoms with Gasteiger partial charge in [-0.05, 0) is 54.0 Å². The zero-order valence-electron chi connectivity index (χ0n) is 20.6. The third-order valence-corrected chi connectivity index (χ3v) is 7.02. The van der Waals surface area contributed by atoms with Crippen LogP contribution in [0.3, 0.4) is 0 Å². The number of amides is 1. The molecule has 2 aromatic carbocycles. The number of nitriles is 1. The lowest BCUT2D eigenvalue weighted by atomic mass is 9.97. The number of benzene rings is 2. The summed E-state index contributed by atoms with van der Waals surface area (Å²) in [6, 6.07) is 8.34. The maximum absolute atomic E-state index is 14.1. The van der Waals surface area contributed by atoms with Crippen molar-refractivity contribution < 1.29 is 31.1 Å². The van der Waals surface area contributed by atoms with E-state index >= 15 is 0 Å². The van der Waals surface area contributed by atoms with Gasteiger partial charge in [-0.1, -0.05) is 44.2 Å². The van der Waals surface area contributed by atoms with Gasteiger partial charge in [0.1, 0.15) is 22.2 Å². The van der Waals surface area contributed by atoms with Crippen LogP contribution in [0.15, 0.2) is 47.4 Å². The molecule has 1 amide bonds. The zero-order chi connectivity index (χ0) is 27.6. The molecule has 1 aliphatic rings. The molecule has 0 heterocycles. The number of nitrogens with one attached hydrogen (secondary N) is 2. The van der Waals surface area contributed by atoms with Crippen molar-refractivity contribution in [2.45, 2.75) is 61.8 Å². The Bertz CT molecular complexity index is 1280. The van der Waals surface area contributed by atoms with E-state index < -0.39 is 39.7 Å². The maximum atomic E-state index is 14.1. The van der Waals surface area contributed by atoms with E-state index in [4.69, 9.17) is 9.88 Å². The molecule has 2 atom stereocenters. The van der Waals surface area contributed by atoms with Crippen LogP contribution in [0.1, 0.15) is 44.7 Å². The van der Waals surface area contributed by atoms with Gasteiger partial charge in [-0.2, -0.15) is 18.4 Å². The van der Waals surface area contributed by atoms with Crippen molar-refractivity contribution in [2.75, 3.05) is 7.11 Å². The van der Waals surface area contributed by atoms with E-state index in [-0.39, 0.29) is 28.5 Å². The molecule has 1 fully saturated rings. The fourth-order valence-corrected chi connectivity index (χ4v) is 4.69. The van der Waals surface area contributed by atoms with Gasteiger partial charge < -0.3 is 10.1 Å². The highest BCUT2D eigenvalue weighted by molar-refractivity contribution is 7.89. The topological polar surface area (TPSA) is 134 Å². The van der Waals surface area contributed by atoms with E-state index in [9.17, 15) is 31.6 Å². The molecule has 1 aliphatic carbocycles. The summed E-state index contributed by atoms with van der Waals surface area (Å²) in [4.78, 5) is 12.6. The Morgan fingerprint density at radius 3 is 2.22 bits per heavy atom. The van der Waals surface area contributed by atoms with Gasteiger partial charge in [0, 0.05) is 0 Å². The van der Waals surface area contributed by atoms with E-state index in [1.54, 1.807) is 19.9 Å². The van der Waals surface area contributed by atoms with Crippen molar-refractivity contribution in [3.05, 3.63) is 48.0 Å². The second-order valence-corrected chi connectivity index (χ2v) is 11.1. The third kappa shape index (κ3) is 7.00. The van der Waals surface area contributed by atoms with Gasteiger partial charge in [0.05, 0.1) is 19.2 Å². The van der Waals surface area contributed by atoms with E-state index in [1.807, 2.05) is 6.07 Å². The number of carbonyl (C=O) groups is 1. The Morgan fingerprint density at radius 2 is 1.76 bits per heavy atom. The molecule has 0 unspecified atom stereocenters. The molecular formula is C25H29F3N4O4S. The van der Waals surface area contributed by atoms with Crippen LogP contribution >= 0.6 is 0 Å². The summed E-state index contributed by atoms with van der Waals surface area (Å²) in [5.74, 6) is -0.685. The van der Waals surface area contributed by atoms with Crippen LogP contribution in [-0.2, 0) is 14.8 Å². The van der Waals surface area contributed by atoms with Crippen LogP contribution in [0.4, 0.5) is 13.2 Å². The van der Waals surface area contributed by atoms with Crippen molar-refractivity contribution in [2.24, 2.45) is 11.1 Å². The number of rotatable bonds is 10. The van der Waals surface area contributed by atoms with Crippen LogP contribution in [0.25, 0.3) is 11.1 Å². The molecule has 37 heavy (non-hydrogen) atoms. The number of ether oxygens (including phenoxy) is 1. The second kappa shape index (κ2) is 10.7. The highest BCUT2D eigenvalue weighted by Crippen LogP contribution is 2.37. The monoisotopic (exact) mass is 538 g/mol. The van der Waals surface area contributed by atoms with Gasteiger partial charge in [0.15, 0.2) is 0 Å². The normalized spacial score (nSPS) is 16.5. The predicted molar refractivity (Wildman–Crippen MR) is 131 cm³/mol. The second-order valence-electron chi connectivity index (χ2n) is 9.54. The molecular weight excluding hydrogens is 509 g/mol. The van der Waals surface area contributed by atoms with Gasteiger partial charge in [-0.15, -0.1) is 0 Å². The van der Waals surface area contributed by atoms with Crippen molar-refractivity contribution in [3.8, 4) is 22.9 Å². The number of hydrogen-bond donors (Lipinski definition) is 3. The SMILES string of the molecule is COc1ccc(-c2ccc([C@H](N[C@@H](CC(C)C)C(=O)NC3(C#N)CC3)C(F)(F)F)cc2)cc1S(N)(=O)=O. The van der Waals surface area contributed by atoms with Gasteiger partial charge in [0.2, 0.25) is 15.9 Å². The summed E-state index contributed by atoms with van der Waals surface area (Å²) in [7, 11) is -2.81. The largest absolute Gasteiger partial charge is 0.495 e. The molecule has 0 radical (unpaired) electrons. The van der Waals surface area contributed by atoms with Crippen molar-refractivity contribution >= 4 is 15.9 Å². The third-order valence-electron chi connectivity index (χ3n) is 6.09. The lowest BCUT2D eigenvalue weighted by Crippen LogP contribution is -2.52. The Morgan fingerprint density at radius 1 is 1.16 bits per heavy atom. The smallest absolute Gasteiger partial charge is 0.407 e. The zero-order valence-corrected chi connectivity index (χ0v) is 21.4. The summed E-state index contributed by atoms with van der Waals surface area (Å²) in [6.45, 7) is 3.59. The number of hydrogen-bond acceptors (Lipinski definition) is 6. The summed E-state index contributed by atoms with van der Waals surface area (Å²) in [5.41, 5.74) is -0.258. The molecule has 200 valence electrons. The van der Waals surface area contributed by atoms with E-state index in [0.717, 1.165) is 0 Å². The average molecular weight is 539 g/mol. The number of alkyl halides is 3. The minimum Gasteiger partial charge on any atom is -0.495 e. The van der Waals surface area contributed by atoms with Crippen molar-refractivity contribution in [1.29, 1.82) is 5.26 Å². The molecule has 0 saturated heterocycles. The summed E-state index contributed by atoms with van der Waals surface area (Å²) in [5, 5.41) is 19.6. The standard InChI is InChI=1S/C25H29F3N4O4S/c1-15(2)12-19(23(33)32-24(14-29)10-11-24)31-22(25(26,27)28)17-6-4-16(5-7-17)18-8-9-20(36-3)21(13-18)37(30,34)35/h4-9,13,15,19,22,31H,10-12H2,1-3H3,(H,32,33)(H2,30,34,35)/t19-,22-/m0/s1. The number of halogens is 3. The Balaban J connectivity index is 1.90. The van der Waals surface area contributed by atoms with Crippen LogP contribution in [0, 0.1) is 17.2 Å². The molecule has 0 spiro atoms. The van der Waals surface area contributed by atoms with Gasteiger partial charge in [-0.25, -0.2) is 13.6 Å². The van der Waals surface area contributed by atoms with E-state index in [2.05, 4.69) is 10.6 Å². The fraction of sp³-hybridized carbons (Fsp3) is 0.440. The highest BCUT2D eigenvalue weighted by Gasteiger charge is 2.47.